The molecule has 2 N–H and O–H groups in total. The van der Waals surface area contributed by atoms with E-state index in [0.29, 0.717) is 0 Å². The molecular weight excluding hydrogens is 248 g/mol. The maximum atomic E-state index is 12.1. The van der Waals surface area contributed by atoms with Gasteiger partial charge in [0, 0.05) is 24.3 Å². The van der Waals surface area contributed by atoms with Gasteiger partial charge in [-0.1, -0.05) is 27.7 Å². The van der Waals surface area contributed by atoms with Gasteiger partial charge in [0.2, 0.25) is 0 Å². The Balaban J connectivity index is 2.60. The molecule has 0 bridgehead atoms. The highest BCUT2D eigenvalue weighted by atomic mass is 16.1. The molecule has 20 heavy (non-hydrogen) atoms. The molecule has 1 amide bonds. The Morgan fingerprint density at radius 2 is 1.90 bits per heavy atom. The van der Waals surface area contributed by atoms with Gasteiger partial charge in [0.05, 0.1) is 0 Å². The zero-order chi connectivity index (χ0) is 15.2. The van der Waals surface area contributed by atoms with Gasteiger partial charge in [-0.2, -0.15) is 0 Å². The number of benzene rings is 1. The third-order valence-electron chi connectivity index (χ3n) is 3.21. The van der Waals surface area contributed by atoms with Crippen LogP contribution in [0.3, 0.4) is 0 Å². The molecule has 1 aromatic carbocycles. The molecule has 0 aliphatic heterocycles. The van der Waals surface area contributed by atoms with Gasteiger partial charge in [-0.05, 0) is 48.9 Å². The molecule has 0 atom stereocenters. The Labute approximate surface area is 123 Å². The van der Waals surface area contributed by atoms with Gasteiger partial charge in [0.15, 0.2) is 0 Å². The van der Waals surface area contributed by atoms with Gasteiger partial charge in [-0.15, -0.1) is 0 Å². The largest absolute Gasteiger partial charge is 0.385 e. The fraction of sp³-hybridized carbons (Fsp3) is 0.588. The van der Waals surface area contributed by atoms with Crippen LogP contribution in [0.1, 0.15) is 56.5 Å². The standard InChI is InChI=1S/C17H28N2O/c1-6-10-18-14-7-8-15(13(2)12-14)16(20)19-11-9-17(3,4)5/h7-8,12,18H,6,9-11H2,1-5H3,(H,19,20). The van der Waals surface area contributed by atoms with Crippen LogP contribution in [-0.4, -0.2) is 19.0 Å². The molecule has 112 valence electrons. The molecule has 0 spiro atoms. The molecule has 0 heterocycles. The second-order valence-electron chi connectivity index (χ2n) is 6.52. The van der Waals surface area contributed by atoms with E-state index in [4.69, 9.17) is 0 Å². The SMILES string of the molecule is CCCNc1ccc(C(=O)NCCC(C)(C)C)c(C)c1. The average Bonchev–Trinajstić information content (AvgIpc) is 2.34. The van der Waals surface area contributed by atoms with E-state index in [9.17, 15) is 4.79 Å². The predicted molar refractivity (Wildman–Crippen MR) is 86.4 cm³/mol. The Kier molecular flexibility index (Phi) is 6.05. The van der Waals surface area contributed by atoms with Crippen LogP contribution < -0.4 is 10.6 Å². The van der Waals surface area contributed by atoms with Gasteiger partial charge in [-0.3, -0.25) is 4.79 Å². The minimum absolute atomic E-state index is 0.0220. The van der Waals surface area contributed by atoms with Gasteiger partial charge in [-0.25, -0.2) is 0 Å². The second-order valence-corrected chi connectivity index (χ2v) is 6.52. The van der Waals surface area contributed by atoms with Crippen molar-refractivity contribution in [2.24, 2.45) is 5.41 Å². The average molecular weight is 276 g/mol. The van der Waals surface area contributed by atoms with Crippen LogP contribution in [-0.2, 0) is 0 Å². The fourth-order valence-corrected chi connectivity index (χ4v) is 1.94. The first kappa shape index (κ1) is 16.5. The Morgan fingerprint density at radius 1 is 1.20 bits per heavy atom. The van der Waals surface area contributed by atoms with Crippen LogP contribution in [0.2, 0.25) is 0 Å². The maximum absolute atomic E-state index is 12.1. The molecule has 1 rings (SSSR count). The van der Waals surface area contributed by atoms with Crippen LogP contribution in [0, 0.1) is 12.3 Å². The molecule has 0 saturated heterocycles. The fourth-order valence-electron chi connectivity index (χ4n) is 1.94. The number of rotatable bonds is 6. The minimum Gasteiger partial charge on any atom is -0.385 e. The number of carbonyl (C=O) groups excluding carboxylic acids is 1. The first-order valence-electron chi connectivity index (χ1n) is 7.46. The van der Waals surface area contributed by atoms with Crippen LogP contribution in [0.5, 0.6) is 0 Å². The monoisotopic (exact) mass is 276 g/mol. The Morgan fingerprint density at radius 3 is 2.45 bits per heavy atom. The number of amides is 1. The number of hydrogen-bond donors (Lipinski definition) is 2. The molecule has 0 aliphatic carbocycles. The van der Waals surface area contributed by atoms with Crippen molar-refractivity contribution in [3.05, 3.63) is 29.3 Å². The molecule has 0 unspecified atom stereocenters. The molecule has 3 heteroatoms. The van der Waals surface area contributed by atoms with Crippen LogP contribution in [0.25, 0.3) is 0 Å². The summed E-state index contributed by atoms with van der Waals surface area (Å²) in [7, 11) is 0. The summed E-state index contributed by atoms with van der Waals surface area (Å²) in [6, 6.07) is 5.91. The third kappa shape index (κ3) is 5.64. The Hall–Kier alpha value is -1.51. The number of hydrogen-bond acceptors (Lipinski definition) is 2. The van der Waals surface area contributed by atoms with Gasteiger partial charge in [0.1, 0.15) is 0 Å². The van der Waals surface area contributed by atoms with Crippen molar-refractivity contribution in [2.45, 2.75) is 47.5 Å². The summed E-state index contributed by atoms with van der Waals surface area (Å²) in [5.41, 5.74) is 3.10. The van der Waals surface area contributed by atoms with Gasteiger partial charge < -0.3 is 10.6 Å². The van der Waals surface area contributed by atoms with Gasteiger partial charge >= 0.3 is 0 Å². The summed E-state index contributed by atoms with van der Waals surface area (Å²) in [4.78, 5) is 12.1. The molecule has 1 aromatic rings. The van der Waals surface area contributed by atoms with E-state index in [0.717, 1.165) is 42.7 Å². The van der Waals surface area contributed by atoms with Crippen molar-refractivity contribution < 1.29 is 4.79 Å². The smallest absolute Gasteiger partial charge is 0.251 e. The van der Waals surface area contributed by atoms with Crippen molar-refractivity contribution in [3.8, 4) is 0 Å². The van der Waals surface area contributed by atoms with Crippen molar-refractivity contribution in [1.82, 2.24) is 5.32 Å². The van der Waals surface area contributed by atoms with E-state index < -0.39 is 0 Å². The lowest BCUT2D eigenvalue weighted by Crippen LogP contribution is -2.27. The van der Waals surface area contributed by atoms with Crippen molar-refractivity contribution in [1.29, 1.82) is 0 Å². The Bertz CT molecular complexity index is 447. The van der Waals surface area contributed by atoms with E-state index in [2.05, 4.69) is 38.3 Å². The van der Waals surface area contributed by atoms with Crippen molar-refractivity contribution in [3.63, 3.8) is 0 Å². The van der Waals surface area contributed by atoms with Crippen molar-refractivity contribution >= 4 is 11.6 Å². The molecule has 0 fully saturated rings. The molecule has 0 radical (unpaired) electrons. The molecular formula is C17H28N2O. The first-order valence-corrected chi connectivity index (χ1v) is 7.46. The quantitative estimate of drug-likeness (QED) is 0.825. The highest BCUT2D eigenvalue weighted by Gasteiger charge is 2.12. The van der Waals surface area contributed by atoms with Crippen LogP contribution in [0.15, 0.2) is 18.2 Å². The van der Waals surface area contributed by atoms with Crippen molar-refractivity contribution in [2.75, 3.05) is 18.4 Å². The summed E-state index contributed by atoms with van der Waals surface area (Å²) in [6.45, 7) is 12.3. The normalized spacial score (nSPS) is 11.2. The minimum atomic E-state index is 0.0220. The summed E-state index contributed by atoms with van der Waals surface area (Å²) in [5, 5.41) is 6.33. The number of nitrogens with one attached hydrogen (secondary N) is 2. The highest BCUT2D eigenvalue weighted by Crippen LogP contribution is 2.18. The topological polar surface area (TPSA) is 41.1 Å². The summed E-state index contributed by atoms with van der Waals surface area (Å²) >= 11 is 0. The first-order chi connectivity index (χ1) is 9.33. The van der Waals surface area contributed by atoms with Gasteiger partial charge in [0.25, 0.3) is 5.91 Å². The maximum Gasteiger partial charge on any atom is 0.251 e. The lowest BCUT2D eigenvalue weighted by atomic mass is 9.92. The second kappa shape index (κ2) is 7.32. The molecule has 0 saturated carbocycles. The lowest BCUT2D eigenvalue weighted by molar-refractivity contribution is 0.0949. The molecule has 0 aliphatic rings. The van der Waals surface area contributed by atoms with E-state index in [1.54, 1.807) is 0 Å². The highest BCUT2D eigenvalue weighted by molar-refractivity contribution is 5.96. The predicted octanol–water partition coefficient (Wildman–Crippen LogP) is 3.98. The molecule has 0 aromatic heterocycles. The van der Waals surface area contributed by atoms with E-state index in [1.807, 2.05) is 25.1 Å². The summed E-state index contributed by atoms with van der Waals surface area (Å²) in [6.07, 6.45) is 2.07. The zero-order valence-corrected chi connectivity index (χ0v) is 13.5. The van der Waals surface area contributed by atoms with Crippen LogP contribution in [0.4, 0.5) is 5.69 Å². The third-order valence-corrected chi connectivity index (χ3v) is 3.21. The lowest BCUT2D eigenvalue weighted by Gasteiger charge is -2.18. The van der Waals surface area contributed by atoms with E-state index in [-0.39, 0.29) is 11.3 Å². The zero-order valence-electron chi connectivity index (χ0n) is 13.5. The van der Waals surface area contributed by atoms with Crippen LogP contribution >= 0.6 is 0 Å². The summed E-state index contributed by atoms with van der Waals surface area (Å²) < 4.78 is 0. The van der Waals surface area contributed by atoms with E-state index >= 15 is 0 Å². The molecule has 3 nitrogen and oxygen atoms in total. The number of anilines is 1. The van der Waals surface area contributed by atoms with E-state index in [1.165, 1.54) is 0 Å². The summed E-state index contributed by atoms with van der Waals surface area (Å²) in [5.74, 6) is 0.0220. The number of carbonyl (C=O) groups is 1. The number of aryl methyl sites for hydroxylation is 1.